The predicted molar refractivity (Wildman–Crippen MR) is 136 cm³/mol. The van der Waals surface area contributed by atoms with Crippen LogP contribution in [0.4, 0.5) is 17.1 Å². The Hall–Kier alpha value is -4.13. The summed E-state index contributed by atoms with van der Waals surface area (Å²) in [6.07, 6.45) is 0. The van der Waals surface area contributed by atoms with E-state index in [-0.39, 0.29) is 24.3 Å². The molecule has 0 heterocycles. The summed E-state index contributed by atoms with van der Waals surface area (Å²) in [5.41, 5.74) is 3.19. The number of para-hydroxylation sites is 1. The van der Waals surface area contributed by atoms with Gasteiger partial charge in [0.2, 0.25) is 5.91 Å². The van der Waals surface area contributed by atoms with Crippen LogP contribution in [0, 0.1) is 0 Å². The number of hydrogen-bond acceptors (Lipinski definition) is 4. The molecule has 0 saturated heterocycles. The van der Waals surface area contributed by atoms with Gasteiger partial charge in [-0.15, -0.1) is 0 Å². The summed E-state index contributed by atoms with van der Waals surface area (Å²) in [5.74, 6) is -0.406. The summed E-state index contributed by atoms with van der Waals surface area (Å²) in [6.45, 7) is 5.21. The Morgan fingerprint density at radius 2 is 1.41 bits per heavy atom. The maximum atomic E-state index is 12.7. The lowest BCUT2D eigenvalue weighted by Gasteiger charge is -2.19. The fourth-order valence-corrected chi connectivity index (χ4v) is 3.50. The molecule has 7 nitrogen and oxygen atoms in total. The molecule has 0 aliphatic heterocycles. The number of amides is 3. The van der Waals surface area contributed by atoms with E-state index in [1.54, 1.807) is 59.3 Å². The molecule has 0 aliphatic carbocycles. The average Bonchev–Trinajstić information content (AvgIpc) is 2.88. The molecular weight excluding hydrogens is 428 g/mol. The lowest BCUT2D eigenvalue weighted by molar-refractivity contribution is -0.114. The van der Waals surface area contributed by atoms with E-state index in [1.165, 1.54) is 0 Å². The molecule has 34 heavy (non-hydrogen) atoms. The summed E-state index contributed by atoms with van der Waals surface area (Å²) in [5, 5.41) is 5.87. The van der Waals surface area contributed by atoms with E-state index in [9.17, 15) is 14.4 Å². The minimum absolute atomic E-state index is 0.0364. The smallest absolute Gasteiger partial charge is 0.258 e. The molecule has 7 heteroatoms. The molecule has 0 radical (unpaired) electrons. The number of nitrogens with zero attached hydrogens (tertiary/aromatic N) is 2. The Labute approximate surface area is 200 Å². The lowest BCUT2D eigenvalue weighted by atomic mass is 10.1. The molecule has 3 rings (SSSR count). The first-order chi connectivity index (χ1) is 16.4. The standard InChI is InChI=1S/C27H30N4O3/c1-4-31(5-2)27(34)21-10-9-11-23(18-21)28-19-25(32)29-22-16-14-20(15-17-22)26(33)30(3)24-12-7-6-8-13-24/h6-18,28H,4-5,19H2,1-3H3,(H,29,32). The van der Waals surface area contributed by atoms with Crippen molar-refractivity contribution < 1.29 is 14.4 Å². The number of carbonyl (C=O) groups excluding carboxylic acids is 3. The van der Waals surface area contributed by atoms with E-state index < -0.39 is 0 Å². The number of carbonyl (C=O) groups is 3. The number of rotatable bonds is 9. The molecule has 0 aromatic heterocycles. The van der Waals surface area contributed by atoms with Gasteiger partial charge in [-0.2, -0.15) is 0 Å². The van der Waals surface area contributed by atoms with Gasteiger partial charge in [0.15, 0.2) is 0 Å². The highest BCUT2D eigenvalue weighted by Crippen LogP contribution is 2.17. The molecule has 176 valence electrons. The Balaban J connectivity index is 1.55. The predicted octanol–water partition coefficient (Wildman–Crippen LogP) is 4.50. The van der Waals surface area contributed by atoms with Gasteiger partial charge in [-0.05, 0) is 68.4 Å². The average molecular weight is 459 g/mol. The third-order valence-electron chi connectivity index (χ3n) is 5.48. The Morgan fingerprint density at radius 1 is 0.735 bits per heavy atom. The summed E-state index contributed by atoms with van der Waals surface area (Å²) in [7, 11) is 1.73. The van der Waals surface area contributed by atoms with Crippen LogP contribution in [0.2, 0.25) is 0 Å². The van der Waals surface area contributed by atoms with Gasteiger partial charge in [0, 0.05) is 48.3 Å². The summed E-state index contributed by atoms with van der Waals surface area (Å²) in [6, 6.07) is 23.3. The first kappa shape index (κ1) is 24.5. The van der Waals surface area contributed by atoms with Crippen molar-refractivity contribution in [3.8, 4) is 0 Å². The van der Waals surface area contributed by atoms with Crippen LogP contribution >= 0.6 is 0 Å². The largest absolute Gasteiger partial charge is 0.376 e. The zero-order valence-electron chi connectivity index (χ0n) is 19.7. The molecule has 0 spiro atoms. The van der Waals surface area contributed by atoms with Crippen LogP contribution in [0.1, 0.15) is 34.6 Å². The van der Waals surface area contributed by atoms with E-state index in [0.29, 0.717) is 35.6 Å². The van der Waals surface area contributed by atoms with Crippen molar-refractivity contribution in [2.75, 3.05) is 42.2 Å². The van der Waals surface area contributed by atoms with Gasteiger partial charge in [0.25, 0.3) is 11.8 Å². The zero-order chi connectivity index (χ0) is 24.5. The molecule has 3 aromatic carbocycles. The van der Waals surface area contributed by atoms with Gasteiger partial charge in [0.05, 0.1) is 6.54 Å². The Kier molecular flexibility index (Phi) is 8.40. The van der Waals surface area contributed by atoms with Gasteiger partial charge in [0.1, 0.15) is 0 Å². The third kappa shape index (κ3) is 6.22. The molecule has 3 aromatic rings. The fraction of sp³-hybridized carbons (Fsp3) is 0.222. The van der Waals surface area contributed by atoms with Crippen LogP contribution in [0.5, 0.6) is 0 Å². The first-order valence-corrected chi connectivity index (χ1v) is 11.3. The highest BCUT2D eigenvalue weighted by Gasteiger charge is 2.14. The second kappa shape index (κ2) is 11.7. The van der Waals surface area contributed by atoms with Crippen molar-refractivity contribution in [2.24, 2.45) is 0 Å². The zero-order valence-corrected chi connectivity index (χ0v) is 19.7. The van der Waals surface area contributed by atoms with Crippen molar-refractivity contribution in [3.63, 3.8) is 0 Å². The Bertz CT molecular complexity index is 1130. The third-order valence-corrected chi connectivity index (χ3v) is 5.48. The van der Waals surface area contributed by atoms with Crippen molar-refractivity contribution in [3.05, 3.63) is 90.0 Å². The quantitative estimate of drug-likeness (QED) is 0.495. The minimum atomic E-state index is -0.235. The number of benzene rings is 3. The molecule has 0 bridgehead atoms. The fourth-order valence-electron chi connectivity index (χ4n) is 3.50. The minimum Gasteiger partial charge on any atom is -0.376 e. The van der Waals surface area contributed by atoms with Crippen molar-refractivity contribution >= 4 is 34.8 Å². The molecular formula is C27H30N4O3. The molecule has 0 fully saturated rings. The van der Waals surface area contributed by atoms with E-state index in [0.717, 1.165) is 5.69 Å². The summed E-state index contributed by atoms with van der Waals surface area (Å²) >= 11 is 0. The molecule has 3 amide bonds. The normalized spacial score (nSPS) is 10.3. The second-order valence-electron chi connectivity index (χ2n) is 7.74. The monoisotopic (exact) mass is 458 g/mol. The first-order valence-electron chi connectivity index (χ1n) is 11.3. The maximum absolute atomic E-state index is 12.7. The van der Waals surface area contributed by atoms with Gasteiger partial charge < -0.3 is 20.4 Å². The summed E-state index contributed by atoms with van der Waals surface area (Å²) in [4.78, 5) is 40.9. The number of nitrogens with one attached hydrogen (secondary N) is 2. The lowest BCUT2D eigenvalue weighted by Crippen LogP contribution is -2.30. The van der Waals surface area contributed by atoms with E-state index in [1.807, 2.05) is 50.2 Å². The maximum Gasteiger partial charge on any atom is 0.258 e. The van der Waals surface area contributed by atoms with Crippen LogP contribution in [0.15, 0.2) is 78.9 Å². The molecule has 0 saturated carbocycles. The van der Waals surface area contributed by atoms with Crippen molar-refractivity contribution in [1.82, 2.24) is 4.90 Å². The molecule has 0 atom stereocenters. The van der Waals surface area contributed by atoms with E-state index in [4.69, 9.17) is 0 Å². The van der Waals surface area contributed by atoms with Gasteiger partial charge in [-0.25, -0.2) is 0 Å². The molecule has 0 aliphatic rings. The van der Waals surface area contributed by atoms with Crippen LogP contribution < -0.4 is 15.5 Å². The van der Waals surface area contributed by atoms with Crippen LogP contribution in [0.3, 0.4) is 0 Å². The van der Waals surface area contributed by atoms with Crippen molar-refractivity contribution in [1.29, 1.82) is 0 Å². The topological polar surface area (TPSA) is 81.8 Å². The summed E-state index contributed by atoms with van der Waals surface area (Å²) < 4.78 is 0. The highest BCUT2D eigenvalue weighted by atomic mass is 16.2. The number of hydrogen-bond donors (Lipinski definition) is 2. The number of anilines is 3. The van der Waals surface area contributed by atoms with Gasteiger partial charge in [-0.3, -0.25) is 14.4 Å². The Morgan fingerprint density at radius 3 is 2.06 bits per heavy atom. The van der Waals surface area contributed by atoms with Crippen LogP contribution in [0.25, 0.3) is 0 Å². The van der Waals surface area contributed by atoms with Gasteiger partial charge >= 0.3 is 0 Å². The molecule has 2 N–H and O–H groups in total. The van der Waals surface area contributed by atoms with E-state index in [2.05, 4.69) is 10.6 Å². The molecule has 0 unspecified atom stereocenters. The highest BCUT2D eigenvalue weighted by molar-refractivity contribution is 6.06. The SMILES string of the molecule is CCN(CC)C(=O)c1cccc(NCC(=O)Nc2ccc(C(=O)N(C)c3ccccc3)cc2)c1. The van der Waals surface area contributed by atoms with E-state index >= 15 is 0 Å². The van der Waals surface area contributed by atoms with Crippen molar-refractivity contribution in [2.45, 2.75) is 13.8 Å². The van der Waals surface area contributed by atoms with Gasteiger partial charge in [-0.1, -0.05) is 24.3 Å². The van der Waals surface area contributed by atoms with Crippen LogP contribution in [-0.4, -0.2) is 49.3 Å². The second-order valence-corrected chi connectivity index (χ2v) is 7.74. The van der Waals surface area contributed by atoms with Crippen LogP contribution in [-0.2, 0) is 4.79 Å².